The second kappa shape index (κ2) is 4.28. The predicted octanol–water partition coefficient (Wildman–Crippen LogP) is 0.606. The zero-order valence-corrected chi connectivity index (χ0v) is 9.21. The van der Waals surface area contributed by atoms with E-state index in [-0.39, 0.29) is 0 Å². The molecule has 16 heavy (non-hydrogen) atoms. The SMILES string of the molecule is COCc1cc(N)nc(-c2nccn2C)n1. The number of nitrogen functional groups attached to an aromatic ring is 1. The van der Waals surface area contributed by atoms with Gasteiger partial charge in [0.2, 0.25) is 0 Å². The van der Waals surface area contributed by atoms with E-state index >= 15 is 0 Å². The number of aromatic nitrogens is 4. The number of aryl methyl sites for hydroxylation is 1. The molecule has 0 aliphatic carbocycles. The third kappa shape index (κ3) is 2.01. The molecule has 6 heteroatoms. The number of anilines is 1. The van der Waals surface area contributed by atoms with Crippen molar-refractivity contribution in [2.75, 3.05) is 12.8 Å². The van der Waals surface area contributed by atoms with Crippen molar-refractivity contribution in [2.24, 2.45) is 7.05 Å². The number of hydrogen-bond acceptors (Lipinski definition) is 5. The fourth-order valence-corrected chi connectivity index (χ4v) is 1.42. The van der Waals surface area contributed by atoms with Crippen LogP contribution < -0.4 is 5.73 Å². The van der Waals surface area contributed by atoms with Crippen LogP contribution in [0, 0.1) is 0 Å². The molecule has 2 rings (SSSR count). The number of nitrogens with two attached hydrogens (primary N) is 1. The molecular weight excluding hydrogens is 206 g/mol. The van der Waals surface area contributed by atoms with Crippen molar-refractivity contribution in [1.82, 2.24) is 19.5 Å². The number of ether oxygens (including phenoxy) is 1. The van der Waals surface area contributed by atoms with Gasteiger partial charge in [0.05, 0.1) is 12.3 Å². The molecule has 0 fully saturated rings. The van der Waals surface area contributed by atoms with Crippen molar-refractivity contribution >= 4 is 5.82 Å². The highest BCUT2D eigenvalue weighted by atomic mass is 16.5. The zero-order chi connectivity index (χ0) is 11.5. The fourth-order valence-electron chi connectivity index (χ4n) is 1.42. The van der Waals surface area contributed by atoms with Crippen molar-refractivity contribution in [3.63, 3.8) is 0 Å². The maximum Gasteiger partial charge on any atom is 0.198 e. The summed E-state index contributed by atoms with van der Waals surface area (Å²) in [6.45, 7) is 0.407. The highest BCUT2D eigenvalue weighted by Crippen LogP contribution is 2.14. The largest absolute Gasteiger partial charge is 0.384 e. The second-order valence-electron chi connectivity index (χ2n) is 3.40. The van der Waals surface area contributed by atoms with E-state index < -0.39 is 0 Å². The maximum absolute atomic E-state index is 5.70. The molecule has 2 N–H and O–H groups in total. The highest BCUT2D eigenvalue weighted by molar-refractivity contribution is 5.48. The van der Waals surface area contributed by atoms with Gasteiger partial charge in [-0.05, 0) is 0 Å². The molecule has 0 amide bonds. The van der Waals surface area contributed by atoms with Gasteiger partial charge < -0.3 is 15.0 Å². The van der Waals surface area contributed by atoms with Crippen molar-refractivity contribution in [3.8, 4) is 11.6 Å². The fraction of sp³-hybridized carbons (Fsp3) is 0.300. The van der Waals surface area contributed by atoms with Crippen LogP contribution >= 0.6 is 0 Å². The Morgan fingerprint density at radius 3 is 2.88 bits per heavy atom. The van der Waals surface area contributed by atoms with Crippen molar-refractivity contribution in [2.45, 2.75) is 6.61 Å². The molecule has 2 heterocycles. The first kappa shape index (κ1) is 10.6. The molecule has 2 aromatic rings. The van der Waals surface area contributed by atoms with Crippen LogP contribution in [-0.4, -0.2) is 26.6 Å². The monoisotopic (exact) mass is 219 g/mol. The molecule has 0 radical (unpaired) electrons. The Kier molecular flexibility index (Phi) is 2.82. The van der Waals surface area contributed by atoms with Gasteiger partial charge in [-0.15, -0.1) is 0 Å². The normalized spacial score (nSPS) is 10.6. The van der Waals surface area contributed by atoms with E-state index in [0.29, 0.717) is 24.1 Å². The Labute approximate surface area is 93.1 Å². The van der Waals surface area contributed by atoms with Gasteiger partial charge in [-0.1, -0.05) is 0 Å². The van der Waals surface area contributed by atoms with Crippen LogP contribution in [0.5, 0.6) is 0 Å². The van der Waals surface area contributed by atoms with Crippen LogP contribution in [-0.2, 0) is 18.4 Å². The quantitative estimate of drug-likeness (QED) is 0.818. The van der Waals surface area contributed by atoms with Crippen LogP contribution in [0.15, 0.2) is 18.5 Å². The van der Waals surface area contributed by atoms with Gasteiger partial charge in [0.25, 0.3) is 0 Å². The summed E-state index contributed by atoms with van der Waals surface area (Å²) in [7, 11) is 3.49. The number of methoxy groups -OCH3 is 1. The topological polar surface area (TPSA) is 78.9 Å². The smallest absolute Gasteiger partial charge is 0.198 e. The number of rotatable bonds is 3. The Hall–Kier alpha value is -1.95. The van der Waals surface area contributed by atoms with Crippen LogP contribution in [0.1, 0.15) is 5.69 Å². The molecule has 0 atom stereocenters. The van der Waals surface area contributed by atoms with Gasteiger partial charge in [-0.25, -0.2) is 15.0 Å². The number of nitrogens with zero attached hydrogens (tertiary/aromatic N) is 4. The molecule has 0 saturated carbocycles. The first-order valence-electron chi connectivity index (χ1n) is 4.81. The van der Waals surface area contributed by atoms with Gasteiger partial charge in [-0.3, -0.25) is 0 Å². The standard InChI is InChI=1S/C10H13N5O/c1-15-4-3-12-10(15)9-13-7(6-16-2)5-8(11)14-9/h3-5H,6H2,1-2H3,(H2,11,13,14). The Bertz CT molecular complexity index is 494. The molecule has 0 aromatic carbocycles. The van der Waals surface area contributed by atoms with E-state index in [4.69, 9.17) is 10.5 Å². The molecule has 0 aliphatic heterocycles. The van der Waals surface area contributed by atoms with E-state index in [1.54, 1.807) is 19.4 Å². The summed E-state index contributed by atoms with van der Waals surface area (Å²) in [5, 5.41) is 0. The van der Waals surface area contributed by atoms with E-state index in [1.165, 1.54) is 0 Å². The maximum atomic E-state index is 5.70. The molecule has 84 valence electrons. The predicted molar refractivity (Wildman–Crippen MR) is 59.4 cm³/mol. The van der Waals surface area contributed by atoms with E-state index in [2.05, 4.69) is 15.0 Å². The second-order valence-corrected chi connectivity index (χ2v) is 3.40. The minimum atomic E-state index is 0.407. The van der Waals surface area contributed by atoms with Crippen molar-refractivity contribution in [3.05, 3.63) is 24.2 Å². The summed E-state index contributed by atoms with van der Waals surface area (Å²) in [5.74, 6) is 1.62. The molecule has 0 aliphatic rings. The van der Waals surface area contributed by atoms with Crippen LogP contribution in [0.25, 0.3) is 11.6 Å². The van der Waals surface area contributed by atoms with E-state index in [1.807, 2.05) is 17.8 Å². The summed E-state index contributed by atoms with van der Waals surface area (Å²) in [4.78, 5) is 12.6. The van der Waals surface area contributed by atoms with Gasteiger partial charge in [0.1, 0.15) is 5.82 Å². The van der Waals surface area contributed by atoms with Crippen LogP contribution in [0.4, 0.5) is 5.82 Å². The lowest BCUT2D eigenvalue weighted by molar-refractivity contribution is 0.181. The molecule has 2 aromatic heterocycles. The average Bonchev–Trinajstić information content (AvgIpc) is 2.64. The van der Waals surface area contributed by atoms with Gasteiger partial charge in [0.15, 0.2) is 11.6 Å². The highest BCUT2D eigenvalue weighted by Gasteiger charge is 2.09. The number of hydrogen-bond donors (Lipinski definition) is 1. The summed E-state index contributed by atoms with van der Waals surface area (Å²) < 4.78 is 6.85. The van der Waals surface area contributed by atoms with E-state index in [9.17, 15) is 0 Å². The van der Waals surface area contributed by atoms with Crippen molar-refractivity contribution < 1.29 is 4.74 Å². The first-order valence-corrected chi connectivity index (χ1v) is 4.81. The Balaban J connectivity index is 2.45. The Morgan fingerprint density at radius 2 is 2.25 bits per heavy atom. The zero-order valence-electron chi connectivity index (χ0n) is 9.21. The summed E-state index contributed by atoms with van der Waals surface area (Å²) in [6, 6.07) is 1.69. The molecule has 6 nitrogen and oxygen atoms in total. The number of imidazole rings is 1. The van der Waals surface area contributed by atoms with Gasteiger partial charge >= 0.3 is 0 Å². The third-order valence-electron chi connectivity index (χ3n) is 2.11. The van der Waals surface area contributed by atoms with Crippen LogP contribution in [0.3, 0.4) is 0 Å². The summed E-state index contributed by atoms with van der Waals surface area (Å²) in [6.07, 6.45) is 3.52. The lowest BCUT2D eigenvalue weighted by Crippen LogP contribution is -2.04. The lowest BCUT2D eigenvalue weighted by Gasteiger charge is -2.04. The van der Waals surface area contributed by atoms with E-state index in [0.717, 1.165) is 5.69 Å². The molecule has 0 saturated heterocycles. The minimum absolute atomic E-state index is 0.407. The summed E-state index contributed by atoms with van der Waals surface area (Å²) >= 11 is 0. The Morgan fingerprint density at radius 1 is 1.44 bits per heavy atom. The van der Waals surface area contributed by atoms with Crippen LogP contribution in [0.2, 0.25) is 0 Å². The molecule has 0 bridgehead atoms. The molecule has 0 spiro atoms. The summed E-state index contributed by atoms with van der Waals surface area (Å²) in [5.41, 5.74) is 6.45. The van der Waals surface area contributed by atoms with Crippen molar-refractivity contribution in [1.29, 1.82) is 0 Å². The lowest BCUT2D eigenvalue weighted by atomic mass is 10.4. The third-order valence-corrected chi connectivity index (χ3v) is 2.11. The molecular formula is C10H13N5O. The molecule has 0 unspecified atom stereocenters. The van der Waals surface area contributed by atoms with Gasteiger partial charge in [-0.2, -0.15) is 0 Å². The van der Waals surface area contributed by atoms with Gasteiger partial charge in [0, 0.05) is 32.6 Å². The average molecular weight is 219 g/mol. The minimum Gasteiger partial charge on any atom is -0.384 e. The first-order chi connectivity index (χ1) is 7.70.